The monoisotopic (exact) mass is 240 g/mol. The SMILES string of the molecule is CCC(CC)CC(N)C(C)(CC)N1CCCC1. The van der Waals surface area contributed by atoms with Gasteiger partial charge in [0.2, 0.25) is 0 Å². The van der Waals surface area contributed by atoms with Crippen LogP contribution in [0.3, 0.4) is 0 Å². The first-order valence-corrected chi connectivity index (χ1v) is 7.59. The summed E-state index contributed by atoms with van der Waals surface area (Å²) in [5.41, 5.74) is 6.77. The highest BCUT2D eigenvalue weighted by molar-refractivity contribution is 4.96. The predicted octanol–water partition coefficient (Wildman–Crippen LogP) is 3.40. The highest BCUT2D eigenvalue weighted by Gasteiger charge is 2.37. The van der Waals surface area contributed by atoms with Gasteiger partial charge in [-0.2, -0.15) is 0 Å². The van der Waals surface area contributed by atoms with Crippen LogP contribution >= 0.6 is 0 Å². The van der Waals surface area contributed by atoms with Crippen LogP contribution in [0.2, 0.25) is 0 Å². The van der Waals surface area contributed by atoms with E-state index in [1.807, 2.05) is 0 Å². The molecule has 2 nitrogen and oxygen atoms in total. The summed E-state index contributed by atoms with van der Waals surface area (Å²) >= 11 is 0. The standard InChI is InChI=1S/C15H32N2/c1-5-13(6-2)12-14(16)15(4,7-3)17-10-8-9-11-17/h13-14H,5-12,16H2,1-4H3. The Morgan fingerprint density at radius 2 is 1.65 bits per heavy atom. The van der Waals surface area contributed by atoms with Gasteiger partial charge in [-0.1, -0.05) is 33.6 Å². The van der Waals surface area contributed by atoms with Crippen molar-refractivity contribution >= 4 is 0 Å². The lowest BCUT2D eigenvalue weighted by Gasteiger charge is -2.44. The maximum absolute atomic E-state index is 6.55. The number of rotatable bonds is 7. The summed E-state index contributed by atoms with van der Waals surface area (Å²) in [6.07, 6.45) is 7.61. The van der Waals surface area contributed by atoms with E-state index >= 15 is 0 Å². The third kappa shape index (κ3) is 3.45. The van der Waals surface area contributed by atoms with E-state index in [-0.39, 0.29) is 5.54 Å². The third-order valence-corrected chi connectivity index (χ3v) is 5.09. The van der Waals surface area contributed by atoms with E-state index in [4.69, 9.17) is 5.73 Å². The Hall–Kier alpha value is -0.0800. The molecule has 0 aliphatic carbocycles. The van der Waals surface area contributed by atoms with E-state index in [0.29, 0.717) is 6.04 Å². The molecule has 2 N–H and O–H groups in total. The molecule has 102 valence electrons. The molecule has 0 aromatic carbocycles. The summed E-state index contributed by atoms with van der Waals surface area (Å²) in [5.74, 6) is 0.804. The highest BCUT2D eigenvalue weighted by Crippen LogP contribution is 2.30. The van der Waals surface area contributed by atoms with Gasteiger partial charge in [-0.25, -0.2) is 0 Å². The van der Waals surface area contributed by atoms with Gasteiger partial charge in [-0.15, -0.1) is 0 Å². The second-order valence-electron chi connectivity index (χ2n) is 5.93. The van der Waals surface area contributed by atoms with Crippen LogP contribution in [0.15, 0.2) is 0 Å². The van der Waals surface area contributed by atoms with Crippen molar-refractivity contribution < 1.29 is 0 Å². The lowest BCUT2D eigenvalue weighted by atomic mass is 9.81. The smallest absolute Gasteiger partial charge is 0.0329 e. The fraction of sp³-hybridized carbons (Fsp3) is 1.00. The van der Waals surface area contributed by atoms with Crippen molar-refractivity contribution in [2.24, 2.45) is 11.7 Å². The first kappa shape index (κ1) is 15.0. The molecule has 2 heteroatoms. The van der Waals surface area contributed by atoms with Gasteiger partial charge in [0, 0.05) is 11.6 Å². The van der Waals surface area contributed by atoms with Gasteiger partial charge >= 0.3 is 0 Å². The number of nitrogens with two attached hydrogens (primary N) is 1. The number of nitrogens with zero attached hydrogens (tertiary/aromatic N) is 1. The van der Waals surface area contributed by atoms with E-state index in [0.717, 1.165) is 5.92 Å². The van der Waals surface area contributed by atoms with Crippen molar-refractivity contribution in [2.75, 3.05) is 13.1 Å². The van der Waals surface area contributed by atoms with Crippen LogP contribution in [0.5, 0.6) is 0 Å². The van der Waals surface area contributed by atoms with Gasteiger partial charge in [-0.05, 0) is 51.6 Å². The average molecular weight is 240 g/mol. The summed E-state index contributed by atoms with van der Waals surface area (Å²) < 4.78 is 0. The lowest BCUT2D eigenvalue weighted by Crippen LogP contribution is -2.57. The first-order chi connectivity index (χ1) is 8.08. The van der Waals surface area contributed by atoms with E-state index in [9.17, 15) is 0 Å². The highest BCUT2D eigenvalue weighted by atomic mass is 15.2. The minimum Gasteiger partial charge on any atom is -0.326 e. The van der Waals surface area contributed by atoms with E-state index in [1.54, 1.807) is 0 Å². The van der Waals surface area contributed by atoms with Crippen LogP contribution < -0.4 is 5.73 Å². The Labute approximate surface area is 108 Å². The van der Waals surface area contributed by atoms with Crippen LogP contribution in [-0.4, -0.2) is 29.6 Å². The summed E-state index contributed by atoms with van der Waals surface area (Å²) in [7, 11) is 0. The molecular weight excluding hydrogens is 208 g/mol. The summed E-state index contributed by atoms with van der Waals surface area (Å²) in [6, 6.07) is 0.329. The topological polar surface area (TPSA) is 29.3 Å². The van der Waals surface area contributed by atoms with Gasteiger partial charge in [0.25, 0.3) is 0 Å². The molecule has 1 aliphatic heterocycles. The van der Waals surface area contributed by atoms with Crippen molar-refractivity contribution in [1.82, 2.24) is 4.90 Å². The Morgan fingerprint density at radius 3 is 2.06 bits per heavy atom. The molecule has 1 aliphatic rings. The van der Waals surface area contributed by atoms with Crippen LogP contribution in [0.4, 0.5) is 0 Å². The first-order valence-electron chi connectivity index (χ1n) is 7.59. The fourth-order valence-corrected chi connectivity index (χ4v) is 3.18. The predicted molar refractivity (Wildman–Crippen MR) is 76.2 cm³/mol. The maximum atomic E-state index is 6.55. The van der Waals surface area contributed by atoms with Crippen LogP contribution in [0.1, 0.15) is 66.2 Å². The molecule has 1 fully saturated rings. The molecule has 2 atom stereocenters. The Morgan fingerprint density at radius 1 is 1.12 bits per heavy atom. The van der Waals surface area contributed by atoms with Gasteiger partial charge in [0.1, 0.15) is 0 Å². The number of likely N-dealkylation sites (tertiary alicyclic amines) is 1. The molecule has 0 aromatic heterocycles. The normalized spacial score (nSPS) is 22.9. The van der Waals surface area contributed by atoms with Gasteiger partial charge < -0.3 is 5.73 Å². The molecule has 0 amide bonds. The van der Waals surface area contributed by atoms with Gasteiger partial charge in [-0.3, -0.25) is 4.90 Å². The van der Waals surface area contributed by atoms with Gasteiger partial charge in [0.05, 0.1) is 0 Å². The zero-order chi connectivity index (χ0) is 12.9. The summed E-state index contributed by atoms with van der Waals surface area (Å²) in [4.78, 5) is 2.64. The quantitative estimate of drug-likeness (QED) is 0.739. The van der Waals surface area contributed by atoms with Crippen molar-refractivity contribution in [3.63, 3.8) is 0 Å². The lowest BCUT2D eigenvalue weighted by molar-refractivity contribution is 0.0885. The second-order valence-corrected chi connectivity index (χ2v) is 5.93. The van der Waals surface area contributed by atoms with Gasteiger partial charge in [0.15, 0.2) is 0 Å². The minimum absolute atomic E-state index is 0.221. The Balaban J connectivity index is 2.63. The van der Waals surface area contributed by atoms with E-state index in [2.05, 4.69) is 32.6 Å². The molecule has 2 unspecified atom stereocenters. The zero-order valence-electron chi connectivity index (χ0n) is 12.3. The third-order valence-electron chi connectivity index (χ3n) is 5.09. The molecular formula is C15H32N2. The van der Waals surface area contributed by atoms with Crippen LogP contribution in [-0.2, 0) is 0 Å². The van der Waals surface area contributed by atoms with Crippen molar-refractivity contribution in [3.05, 3.63) is 0 Å². The molecule has 0 saturated carbocycles. The molecule has 0 radical (unpaired) electrons. The van der Waals surface area contributed by atoms with E-state index in [1.165, 1.54) is 51.6 Å². The zero-order valence-corrected chi connectivity index (χ0v) is 12.3. The molecule has 0 bridgehead atoms. The van der Waals surface area contributed by atoms with Crippen LogP contribution in [0, 0.1) is 5.92 Å². The molecule has 1 rings (SSSR count). The van der Waals surface area contributed by atoms with Crippen molar-refractivity contribution in [2.45, 2.75) is 77.8 Å². The average Bonchev–Trinajstić information content (AvgIpc) is 2.88. The largest absolute Gasteiger partial charge is 0.326 e. The molecule has 1 saturated heterocycles. The van der Waals surface area contributed by atoms with E-state index < -0.39 is 0 Å². The molecule has 17 heavy (non-hydrogen) atoms. The number of hydrogen-bond acceptors (Lipinski definition) is 2. The van der Waals surface area contributed by atoms with Crippen molar-refractivity contribution in [3.8, 4) is 0 Å². The van der Waals surface area contributed by atoms with Crippen LogP contribution in [0.25, 0.3) is 0 Å². The minimum atomic E-state index is 0.221. The Kier molecular flexibility index (Phi) is 5.94. The molecule has 0 spiro atoms. The Bertz CT molecular complexity index is 207. The maximum Gasteiger partial charge on any atom is 0.0329 e. The molecule has 1 heterocycles. The fourth-order valence-electron chi connectivity index (χ4n) is 3.18. The van der Waals surface area contributed by atoms with Crippen molar-refractivity contribution in [1.29, 1.82) is 0 Å². The molecule has 0 aromatic rings. The second kappa shape index (κ2) is 6.75. The summed E-state index contributed by atoms with van der Waals surface area (Å²) in [6.45, 7) is 11.8. The number of hydrogen-bond donors (Lipinski definition) is 1. The summed E-state index contributed by atoms with van der Waals surface area (Å²) in [5, 5.41) is 0.